The van der Waals surface area contributed by atoms with Gasteiger partial charge in [-0.25, -0.2) is 0 Å². The number of halogens is 1. The lowest BCUT2D eigenvalue weighted by Gasteiger charge is -2.42. The average Bonchev–Trinajstić information content (AvgIpc) is 2.81. The third kappa shape index (κ3) is 3.33. The number of nitrogens with zero attached hydrogens (tertiary/aromatic N) is 2. The summed E-state index contributed by atoms with van der Waals surface area (Å²) in [6, 6.07) is 1.88. The number of nitrogens with two attached hydrogens (primary N) is 1. The Labute approximate surface area is 126 Å². The van der Waals surface area contributed by atoms with E-state index in [1.165, 1.54) is 0 Å². The average molecular weight is 302 g/mol. The van der Waals surface area contributed by atoms with Gasteiger partial charge in [0.15, 0.2) is 0 Å². The maximum Gasteiger partial charge on any atom is 0.292 e. The van der Waals surface area contributed by atoms with Gasteiger partial charge in [-0.3, -0.25) is 4.79 Å². The summed E-state index contributed by atoms with van der Waals surface area (Å²) in [6.45, 7) is 9.57. The van der Waals surface area contributed by atoms with Crippen molar-refractivity contribution in [1.82, 2.24) is 10.1 Å². The SMILES string of the molecule is CC(C)c1cc(C(=O)N2CCC(N)C(C)(C)C2)on1.Cl. The molecule has 0 saturated carbocycles. The van der Waals surface area contributed by atoms with Crippen LogP contribution in [-0.2, 0) is 0 Å². The molecule has 0 radical (unpaired) electrons. The van der Waals surface area contributed by atoms with E-state index >= 15 is 0 Å². The van der Waals surface area contributed by atoms with Gasteiger partial charge in [0.1, 0.15) is 0 Å². The van der Waals surface area contributed by atoms with E-state index in [0.717, 1.165) is 12.1 Å². The Morgan fingerprint density at radius 2 is 2.20 bits per heavy atom. The van der Waals surface area contributed by atoms with Crippen molar-refractivity contribution in [2.24, 2.45) is 11.1 Å². The van der Waals surface area contributed by atoms with Crippen LogP contribution >= 0.6 is 12.4 Å². The largest absolute Gasteiger partial charge is 0.351 e. The van der Waals surface area contributed by atoms with Crippen molar-refractivity contribution in [3.05, 3.63) is 17.5 Å². The van der Waals surface area contributed by atoms with Crippen LogP contribution in [0.4, 0.5) is 0 Å². The molecule has 1 amide bonds. The zero-order valence-corrected chi connectivity index (χ0v) is 13.4. The lowest BCUT2D eigenvalue weighted by Crippen LogP contribution is -2.53. The molecule has 1 atom stereocenters. The van der Waals surface area contributed by atoms with Gasteiger partial charge in [0.2, 0.25) is 5.76 Å². The standard InChI is InChI=1S/C14H23N3O2.ClH/c1-9(2)10-7-11(19-16-10)13(18)17-6-5-12(15)14(3,4)8-17;/h7,9,12H,5-6,8,15H2,1-4H3;1H. The Morgan fingerprint density at radius 1 is 1.55 bits per heavy atom. The Hall–Kier alpha value is -1.07. The minimum absolute atomic E-state index is 0. The van der Waals surface area contributed by atoms with Crippen LogP contribution in [0, 0.1) is 5.41 Å². The second-order valence-electron chi connectivity index (χ2n) is 6.38. The summed E-state index contributed by atoms with van der Waals surface area (Å²) < 4.78 is 5.16. The molecule has 1 aromatic rings. The molecule has 1 aliphatic heterocycles. The number of amides is 1. The fourth-order valence-corrected chi connectivity index (χ4v) is 2.36. The third-order valence-electron chi connectivity index (χ3n) is 3.93. The molecule has 2 heterocycles. The predicted octanol–water partition coefficient (Wildman–Crippen LogP) is 2.42. The van der Waals surface area contributed by atoms with E-state index in [4.69, 9.17) is 10.3 Å². The molecule has 0 spiro atoms. The van der Waals surface area contributed by atoms with Crippen LogP contribution in [0.25, 0.3) is 0 Å². The van der Waals surface area contributed by atoms with E-state index in [1.54, 1.807) is 6.07 Å². The number of likely N-dealkylation sites (tertiary alicyclic amines) is 1. The van der Waals surface area contributed by atoms with E-state index in [2.05, 4.69) is 19.0 Å². The zero-order chi connectivity index (χ0) is 14.2. The van der Waals surface area contributed by atoms with Crippen molar-refractivity contribution >= 4 is 18.3 Å². The van der Waals surface area contributed by atoms with Crippen LogP contribution in [0.5, 0.6) is 0 Å². The summed E-state index contributed by atoms with van der Waals surface area (Å²) in [4.78, 5) is 14.2. The molecule has 2 N–H and O–H groups in total. The lowest BCUT2D eigenvalue weighted by atomic mass is 9.79. The fourth-order valence-electron chi connectivity index (χ4n) is 2.36. The van der Waals surface area contributed by atoms with Crippen LogP contribution in [0.1, 0.15) is 56.3 Å². The van der Waals surface area contributed by atoms with Crippen molar-refractivity contribution in [3.63, 3.8) is 0 Å². The maximum absolute atomic E-state index is 12.4. The van der Waals surface area contributed by atoms with E-state index in [1.807, 2.05) is 18.7 Å². The number of carbonyl (C=O) groups excluding carboxylic acids is 1. The summed E-state index contributed by atoms with van der Waals surface area (Å²) in [5.74, 6) is 0.505. The highest BCUT2D eigenvalue weighted by Gasteiger charge is 2.36. The fraction of sp³-hybridized carbons (Fsp3) is 0.714. The van der Waals surface area contributed by atoms with Gasteiger partial charge in [0.25, 0.3) is 5.91 Å². The highest BCUT2D eigenvalue weighted by molar-refractivity contribution is 5.91. The molecule has 114 valence electrons. The normalized spacial score (nSPS) is 21.7. The molecule has 1 saturated heterocycles. The number of piperidine rings is 1. The first-order chi connectivity index (χ1) is 8.81. The van der Waals surface area contributed by atoms with Crippen LogP contribution < -0.4 is 5.73 Å². The highest BCUT2D eigenvalue weighted by atomic mass is 35.5. The topological polar surface area (TPSA) is 72.4 Å². The van der Waals surface area contributed by atoms with Crippen molar-refractivity contribution in [1.29, 1.82) is 0 Å². The Bertz CT molecular complexity index is 471. The minimum Gasteiger partial charge on any atom is -0.351 e. The molecule has 1 fully saturated rings. The third-order valence-corrected chi connectivity index (χ3v) is 3.93. The van der Waals surface area contributed by atoms with E-state index < -0.39 is 0 Å². The minimum atomic E-state index is -0.0839. The molecule has 0 bridgehead atoms. The molecule has 1 unspecified atom stereocenters. The van der Waals surface area contributed by atoms with Gasteiger partial charge in [0.05, 0.1) is 5.69 Å². The molecule has 0 aliphatic carbocycles. The summed E-state index contributed by atoms with van der Waals surface area (Å²) in [5, 5.41) is 3.94. The molecular weight excluding hydrogens is 278 g/mol. The first kappa shape index (κ1) is 17.0. The van der Waals surface area contributed by atoms with Crippen LogP contribution in [0.15, 0.2) is 10.6 Å². The number of hydrogen-bond donors (Lipinski definition) is 1. The second kappa shape index (κ2) is 6.14. The van der Waals surface area contributed by atoms with Gasteiger partial charge >= 0.3 is 0 Å². The zero-order valence-electron chi connectivity index (χ0n) is 12.5. The van der Waals surface area contributed by atoms with Gasteiger partial charge < -0.3 is 15.2 Å². The number of hydrogen-bond acceptors (Lipinski definition) is 4. The Balaban J connectivity index is 0.00000200. The van der Waals surface area contributed by atoms with Crippen molar-refractivity contribution in [3.8, 4) is 0 Å². The van der Waals surface area contributed by atoms with Crippen LogP contribution in [-0.4, -0.2) is 35.1 Å². The van der Waals surface area contributed by atoms with Crippen LogP contribution in [0.3, 0.4) is 0 Å². The Morgan fingerprint density at radius 3 is 2.70 bits per heavy atom. The molecule has 5 nitrogen and oxygen atoms in total. The number of carbonyl (C=O) groups is 1. The molecular formula is C14H24ClN3O2. The van der Waals surface area contributed by atoms with Gasteiger partial charge in [-0.05, 0) is 17.8 Å². The molecule has 20 heavy (non-hydrogen) atoms. The molecule has 1 aliphatic rings. The Kier molecular flexibility index (Phi) is 5.21. The first-order valence-electron chi connectivity index (χ1n) is 6.83. The maximum atomic E-state index is 12.4. The number of rotatable bonds is 2. The summed E-state index contributed by atoms with van der Waals surface area (Å²) in [7, 11) is 0. The first-order valence-corrected chi connectivity index (χ1v) is 6.83. The lowest BCUT2D eigenvalue weighted by molar-refractivity contribution is 0.0495. The summed E-state index contributed by atoms with van der Waals surface area (Å²) in [6.07, 6.45) is 0.823. The predicted molar refractivity (Wildman–Crippen MR) is 80.1 cm³/mol. The van der Waals surface area contributed by atoms with Gasteiger partial charge in [-0.15, -0.1) is 12.4 Å². The monoisotopic (exact) mass is 301 g/mol. The van der Waals surface area contributed by atoms with E-state index in [9.17, 15) is 4.79 Å². The molecule has 0 aromatic carbocycles. The van der Waals surface area contributed by atoms with Crippen molar-refractivity contribution in [2.45, 2.75) is 46.1 Å². The summed E-state index contributed by atoms with van der Waals surface area (Å²) >= 11 is 0. The van der Waals surface area contributed by atoms with E-state index in [0.29, 0.717) is 18.8 Å². The van der Waals surface area contributed by atoms with Crippen LogP contribution in [0.2, 0.25) is 0 Å². The molecule has 6 heteroatoms. The van der Waals surface area contributed by atoms with Gasteiger partial charge in [-0.1, -0.05) is 32.9 Å². The van der Waals surface area contributed by atoms with E-state index in [-0.39, 0.29) is 35.7 Å². The highest BCUT2D eigenvalue weighted by Crippen LogP contribution is 2.28. The van der Waals surface area contributed by atoms with Crippen molar-refractivity contribution < 1.29 is 9.32 Å². The second-order valence-corrected chi connectivity index (χ2v) is 6.38. The quantitative estimate of drug-likeness (QED) is 0.910. The van der Waals surface area contributed by atoms with Crippen molar-refractivity contribution in [2.75, 3.05) is 13.1 Å². The molecule has 2 rings (SSSR count). The molecule has 1 aromatic heterocycles. The smallest absolute Gasteiger partial charge is 0.292 e. The summed E-state index contributed by atoms with van der Waals surface area (Å²) in [5.41, 5.74) is 6.84. The van der Waals surface area contributed by atoms with Gasteiger partial charge in [-0.2, -0.15) is 0 Å². The number of aromatic nitrogens is 1. The van der Waals surface area contributed by atoms with Gasteiger partial charge in [0, 0.05) is 25.2 Å².